The maximum atomic E-state index is 5.23. The Morgan fingerprint density at radius 2 is 2.36 bits per heavy atom. The van der Waals surface area contributed by atoms with Crippen LogP contribution >= 0.6 is 0 Å². The number of anilines is 1. The number of aromatic nitrogens is 2. The fourth-order valence-corrected chi connectivity index (χ4v) is 0.920. The van der Waals surface area contributed by atoms with E-state index in [4.69, 9.17) is 9.47 Å². The van der Waals surface area contributed by atoms with Crippen LogP contribution in [-0.2, 0) is 4.74 Å². The highest BCUT2D eigenvalue weighted by Gasteiger charge is 1.97. The van der Waals surface area contributed by atoms with Gasteiger partial charge in [0.15, 0.2) is 0 Å². The average Bonchev–Trinajstić information content (AvgIpc) is 2.19. The lowest BCUT2D eigenvalue weighted by Gasteiger charge is -2.05. The molecule has 0 aliphatic carbocycles. The van der Waals surface area contributed by atoms with Crippen LogP contribution in [0.25, 0.3) is 0 Å². The lowest BCUT2D eigenvalue weighted by atomic mass is 10.6. The molecule has 0 unspecified atom stereocenters. The van der Waals surface area contributed by atoms with Gasteiger partial charge in [-0.2, -0.15) is 4.98 Å². The quantitative estimate of drug-likeness (QED) is 0.688. The number of nitrogens with one attached hydrogen (secondary N) is 1. The van der Waals surface area contributed by atoms with Crippen LogP contribution in [0.1, 0.15) is 6.92 Å². The summed E-state index contributed by atoms with van der Waals surface area (Å²) in [5, 5.41) is 3.02. The van der Waals surface area contributed by atoms with Gasteiger partial charge in [-0.05, 0) is 6.92 Å². The van der Waals surface area contributed by atoms with Crippen LogP contribution in [0.4, 0.5) is 5.95 Å². The Hall–Kier alpha value is -1.36. The molecule has 0 aromatic carbocycles. The van der Waals surface area contributed by atoms with Gasteiger partial charge in [-0.25, -0.2) is 4.98 Å². The Balaban J connectivity index is 2.46. The van der Waals surface area contributed by atoms with E-state index in [-0.39, 0.29) is 0 Å². The Bertz CT molecular complexity index is 268. The molecule has 5 heteroatoms. The smallest absolute Gasteiger partial charge is 0.226 e. The number of nitrogens with zero attached hydrogens (tertiary/aromatic N) is 2. The fraction of sp³-hybridized carbons (Fsp3) is 0.556. The van der Waals surface area contributed by atoms with Crippen LogP contribution in [0.2, 0.25) is 0 Å². The SMILES string of the molecule is CCOc1ccnc(NCCOC)n1. The summed E-state index contributed by atoms with van der Waals surface area (Å²) in [6, 6.07) is 1.73. The third-order valence-corrected chi connectivity index (χ3v) is 1.51. The fourth-order valence-electron chi connectivity index (χ4n) is 0.920. The lowest BCUT2D eigenvalue weighted by Crippen LogP contribution is -2.10. The molecule has 5 nitrogen and oxygen atoms in total. The Morgan fingerprint density at radius 3 is 3.07 bits per heavy atom. The number of ether oxygens (including phenoxy) is 2. The largest absolute Gasteiger partial charge is 0.478 e. The van der Waals surface area contributed by atoms with E-state index in [1.165, 1.54) is 0 Å². The van der Waals surface area contributed by atoms with Crippen molar-refractivity contribution in [2.24, 2.45) is 0 Å². The zero-order chi connectivity index (χ0) is 10.2. The van der Waals surface area contributed by atoms with E-state index in [0.29, 0.717) is 31.6 Å². The van der Waals surface area contributed by atoms with Crippen molar-refractivity contribution in [1.29, 1.82) is 0 Å². The molecule has 1 heterocycles. The molecule has 0 saturated carbocycles. The van der Waals surface area contributed by atoms with Crippen molar-refractivity contribution in [3.05, 3.63) is 12.3 Å². The summed E-state index contributed by atoms with van der Waals surface area (Å²) >= 11 is 0. The molecule has 0 atom stereocenters. The molecular weight excluding hydrogens is 182 g/mol. The number of hydrogen-bond acceptors (Lipinski definition) is 5. The first-order chi connectivity index (χ1) is 6.86. The van der Waals surface area contributed by atoms with Crippen LogP contribution < -0.4 is 10.1 Å². The Kier molecular flexibility index (Phi) is 4.71. The van der Waals surface area contributed by atoms with Crippen molar-refractivity contribution in [1.82, 2.24) is 9.97 Å². The van der Waals surface area contributed by atoms with E-state index >= 15 is 0 Å². The molecule has 0 radical (unpaired) electrons. The third kappa shape index (κ3) is 3.57. The highest BCUT2D eigenvalue weighted by molar-refractivity contribution is 5.27. The number of methoxy groups -OCH3 is 1. The van der Waals surface area contributed by atoms with Crippen molar-refractivity contribution >= 4 is 5.95 Å². The summed E-state index contributed by atoms with van der Waals surface area (Å²) in [5.41, 5.74) is 0. The maximum Gasteiger partial charge on any atom is 0.226 e. The van der Waals surface area contributed by atoms with Gasteiger partial charge in [0.1, 0.15) is 0 Å². The van der Waals surface area contributed by atoms with Gasteiger partial charge in [0.2, 0.25) is 11.8 Å². The second-order valence-electron chi connectivity index (χ2n) is 2.57. The Labute approximate surface area is 83.5 Å². The van der Waals surface area contributed by atoms with Crippen LogP contribution in [0.5, 0.6) is 5.88 Å². The van der Waals surface area contributed by atoms with Crippen molar-refractivity contribution in [3.63, 3.8) is 0 Å². The molecule has 78 valence electrons. The monoisotopic (exact) mass is 197 g/mol. The summed E-state index contributed by atoms with van der Waals surface area (Å²) in [6.07, 6.45) is 1.66. The topological polar surface area (TPSA) is 56.3 Å². The van der Waals surface area contributed by atoms with Gasteiger partial charge < -0.3 is 14.8 Å². The third-order valence-electron chi connectivity index (χ3n) is 1.51. The minimum Gasteiger partial charge on any atom is -0.478 e. The van der Waals surface area contributed by atoms with Crippen molar-refractivity contribution < 1.29 is 9.47 Å². The first-order valence-corrected chi connectivity index (χ1v) is 4.55. The standard InChI is InChI=1S/C9H15N3O2/c1-3-14-8-4-5-10-9(12-8)11-6-7-13-2/h4-5H,3,6-7H2,1-2H3,(H,10,11,12). The molecule has 0 aliphatic rings. The molecule has 0 spiro atoms. The van der Waals surface area contributed by atoms with Crippen LogP contribution in [-0.4, -0.2) is 36.8 Å². The molecule has 14 heavy (non-hydrogen) atoms. The van der Waals surface area contributed by atoms with Crippen molar-refractivity contribution in [2.75, 3.05) is 32.2 Å². The van der Waals surface area contributed by atoms with Gasteiger partial charge in [-0.3, -0.25) is 0 Å². The van der Waals surface area contributed by atoms with Gasteiger partial charge in [0.25, 0.3) is 0 Å². The molecule has 0 saturated heterocycles. The maximum absolute atomic E-state index is 5.23. The highest BCUT2D eigenvalue weighted by atomic mass is 16.5. The summed E-state index contributed by atoms with van der Waals surface area (Å²) in [6.45, 7) is 3.84. The van der Waals surface area contributed by atoms with Gasteiger partial charge in [0, 0.05) is 25.9 Å². The van der Waals surface area contributed by atoms with E-state index in [1.807, 2.05) is 6.92 Å². The molecule has 0 aliphatic heterocycles. The molecule has 1 aromatic rings. The zero-order valence-electron chi connectivity index (χ0n) is 8.49. The normalized spacial score (nSPS) is 9.86. The van der Waals surface area contributed by atoms with E-state index in [9.17, 15) is 0 Å². The average molecular weight is 197 g/mol. The lowest BCUT2D eigenvalue weighted by molar-refractivity contribution is 0.210. The van der Waals surface area contributed by atoms with Crippen LogP contribution in [0.15, 0.2) is 12.3 Å². The first kappa shape index (κ1) is 10.7. The van der Waals surface area contributed by atoms with Gasteiger partial charge in [-0.1, -0.05) is 0 Å². The Morgan fingerprint density at radius 1 is 1.50 bits per heavy atom. The highest BCUT2D eigenvalue weighted by Crippen LogP contribution is 2.07. The molecule has 0 bridgehead atoms. The van der Waals surface area contributed by atoms with E-state index < -0.39 is 0 Å². The molecule has 0 fully saturated rings. The molecule has 0 amide bonds. The van der Waals surface area contributed by atoms with Crippen LogP contribution in [0, 0.1) is 0 Å². The molecule has 1 aromatic heterocycles. The minimum absolute atomic E-state index is 0.563. The van der Waals surface area contributed by atoms with Crippen LogP contribution in [0.3, 0.4) is 0 Å². The van der Waals surface area contributed by atoms with E-state index in [0.717, 1.165) is 0 Å². The van der Waals surface area contributed by atoms with Gasteiger partial charge in [-0.15, -0.1) is 0 Å². The molecule has 1 N–H and O–H groups in total. The number of rotatable bonds is 6. The van der Waals surface area contributed by atoms with E-state index in [2.05, 4.69) is 15.3 Å². The zero-order valence-corrected chi connectivity index (χ0v) is 8.49. The predicted molar refractivity (Wildman–Crippen MR) is 53.6 cm³/mol. The first-order valence-electron chi connectivity index (χ1n) is 4.55. The van der Waals surface area contributed by atoms with E-state index in [1.54, 1.807) is 19.4 Å². The predicted octanol–water partition coefficient (Wildman–Crippen LogP) is 0.934. The summed E-state index contributed by atoms with van der Waals surface area (Å²) in [7, 11) is 1.65. The second-order valence-corrected chi connectivity index (χ2v) is 2.57. The minimum atomic E-state index is 0.563. The number of hydrogen-bond donors (Lipinski definition) is 1. The second kappa shape index (κ2) is 6.15. The summed E-state index contributed by atoms with van der Waals surface area (Å²) < 4.78 is 10.1. The summed E-state index contributed by atoms with van der Waals surface area (Å²) in [5.74, 6) is 1.15. The molecular formula is C9H15N3O2. The molecule has 1 rings (SSSR count). The van der Waals surface area contributed by atoms with Crippen molar-refractivity contribution in [3.8, 4) is 5.88 Å². The van der Waals surface area contributed by atoms with Gasteiger partial charge >= 0.3 is 0 Å². The van der Waals surface area contributed by atoms with Gasteiger partial charge in [0.05, 0.1) is 13.2 Å². The summed E-state index contributed by atoms with van der Waals surface area (Å²) in [4.78, 5) is 8.17. The van der Waals surface area contributed by atoms with Crippen molar-refractivity contribution in [2.45, 2.75) is 6.92 Å².